The number of amides is 1. The number of thiocarbonyl (C=S) groups is 1. The third-order valence-corrected chi connectivity index (χ3v) is 5.69. The van der Waals surface area contributed by atoms with Crippen LogP contribution in [0.2, 0.25) is 0 Å². The lowest BCUT2D eigenvalue weighted by atomic mass is 10.0. The zero-order valence-electron chi connectivity index (χ0n) is 17.0. The van der Waals surface area contributed by atoms with E-state index in [4.69, 9.17) is 17.5 Å². The summed E-state index contributed by atoms with van der Waals surface area (Å²) in [5, 5.41) is 17.1. The van der Waals surface area contributed by atoms with Gasteiger partial charge in [-0.1, -0.05) is 12.1 Å². The number of nitriles is 1. The Morgan fingerprint density at radius 2 is 1.78 bits per heavy atom. The van der Waals surface area contributed by atoms with Crippen molar-refractivity contribution in [2.24, 2.45) is 10.2 Å². The first-order chi connectivity index (χ1) is 15.1. The molecule has 0 bridgehead atoms. The average molecular weight is 455 g/mol. The first kappa shape index (κ1) is 21.6. The van der Waals surface area contributed by atoms with E-state index in [0.29, 0.717) is 12.2 Å². The van der Waals surface area contributed by atoms with Gasteiger partial charge in [0.2, 0.25) is 0 Å². The highest BCUT2D eigenvalue weighted by atomic mass is 32.1. The molecule has 1 amide bonds. The fraction of sp³-hybridized carbons (Fsp3) is 0.227. The molecule has 6 nitrogen and oxygen atoms in total. The zero-order chi connectivity index (χ0) is 23.3. The van der Waals surface area contributed by atoms with Gasteiger partial charge in [0.1, 0.15) is 5.54 Å². The topological polar surface area (TPSA) is 72.1 Å². The Balaban J connectivity index is 1.73. The molecule has 0 spiro atoms. The molecule has 0 radical (unpaired) electrons. The van der Waals surface area contributed by atoms with Gasteiger partial charge < -0.3 is 4.90 Å². The summed E-state index contributed by atoms with van der Waals surface area (Å²) in [6, 6.07) is 11.8. The third-order valence-electron chi connectivity index (χ3n) is 5.32. The molecule has 10 heteroatoms. The SMILES string of the molecule is CC1(C)C(=O)N(c2ccc(C#N)c(C(F)(F)F)c2)C(=S)N1c1ccc(C2=CCN=N2)cc1. The third kappa shape index (κ3) is 3.44. The summed E-state index contributed by atoms with van der Waals surface area (Å²) in [4.78, 5) is 15.9. The number of halogens is 3. The summed E-state index contributed by atoms with van der Waals surface area (Å²) in [7, 11) is 0. The van der Waals surface area contributed by atoms with Crippen molar-refractivity contribution in [2.75, 3.05) is 16.3 Å². The predicted molar refractivity (Wildman–Crippen MR) is 117 cm³/mol. The Morgan fingerprint density at radius 1 is 1.12 bits per heavy atom. The fourth-order valence-corrected chi connectivity index (χ4v) is 4.22. The molecule has 2 aromatic carbocycles. The fourth-order valence-electron chi connectivity index (χ4n) is 3.70. The molecule has 2 heterocycles. The number of anilines is 2. The van der Waals surface area contributed by atoms with E-state index in [2.05, 4.69) is 10.2 Å². The van der Waals surface area contributed by atoms with Crippen LogP contribution in [0.4, 0.5) is 24.5 Å². The Hall–Kier alpha value is -3.58. The van der Waals surface area contributed by atoms with Crippen molar-refractivity contribution >= 4 is 40.3 Å². The van der Waals surface area contributed by atoms with Crippen LogP contribution in [0.5, 0.6) is 0 Å². The van der Waals surface area contributed by atoms with Crippen LogP contribution in [0.25, 0.3) is 5.70 Å². The number of rotatable bonds is 3. The molecule has 0 atom stereocenters. The monoisotopic (exact) mass is 455 g/mol. The average Bonchev–Trinajstić information content (AvgIpc) is 3.33. The summed E-state index contributed by atoms with van der Waals surface area (Å²) >= 11 is 5.53. The molecule has 2 aromatic rings. The molecule has 0 saturated carbocycles. The maximum Gasteiger partial charge on any atom is 0.417 e. The number of hydrogen-bond acceptors (Lipinski definition) is 5. The number of benzene rings is 2. The number of nitrogens with zero attached hydrogens (tertiary/aromatic N) is 5. The molecule has 1 saturated heterocycles. The quantitative estimate of drug-likeness (QED) is 0.589. The van der Waals surface area contributed by atoms with Crippen LogP contribution in [-0.4, -0.2) is 23.1 Å². The van der Waals surface area contributed by atoms with E-state index in [9.17, 15) is 18.0 Å². The Morgan fingerprint density at radius 3 is 2.34 bits per heavy atom. The minimum absolute atomic E-state index is 0.0463. The van der Waals surface area contributed by atoms with Crippen LogP contribution in [0.1, 0.15) is 30.5 Å². The lowest BCUT2D eigenvalue weighted by Crippen LogP contribution is -2.44. The summed E-state index contributed by atoms with van der Waals surface area (Å²) < 4.78 is 40.3. The van der Waals surface area contributed by atoms with E-state index in [-0.39, 0.29) is 10.8 Å². The smallest absolute Gasteiger partial charge is 0.304 e. The van der Waals surface area contributed by atoms with Gasteiger partial charge in [-0.05, 0) is 62.5 Å². The number of carbonyl (C=O) groups is 1. The number of alkyl halides is 3. The number of carbonyl (C=O) groups excluding carboxylic acids is 1. The van der Waals surface area contributed by atoms with Crippen molar-refractivity contribution in [3.63, 3.8) is 0 Å². The van der Waals surface area contributed by atoms with E-state index in [1.54, 1.807) is 30.9 Å². The van der Waals surface area contributed by atoms with Gasteiger partial charge in [0.25, 0.3) is 5.91 Å². The van der Waals surface area contributed by atoms with Crippen LogP contribution >= 0.6 is 12.2 Å². The van der Waals surface area contributed by atoms with Crippen LogP contribution in [-0.2, 0) is 11.0 Å². The summed E-state index contributed by atoms with van der Waals surface area (Å²) in [6.07, 6.45) is -2.86. The minimum atomic E-state index is -4.75. The van der Waals surface area contributed by atoms with Crippen LogP contribution in [0.15, 0.2) is 58.8 Å². The molecule has 1 fully saturated rings. The largest absolute Gasteiger partial charge is 0.417 e. The normalized spacial score (nSPS) is 17.7. The van der Waals surface area contributed by atoms with E-state index in [1.807, 2.05) is 18.2 Å². The zero-order valence-corrected chi connectivity index (χ0v) is 17.8. The van der Waals surface area contributed by atoms with Crippen molar-refractivity contribution in [1.82, 2.24) is 0 Å². The first-order valence-electron chi connectivity index (χ1n) is 9.54. The van der Waals surface area contributed by atoms with Crippen LogP contribution in [0, 0.1) is 11.3 Å². The molecule has 0 aliphatic carbocycles. The molecule has 2 aliphatic heterocycles. The van der Waals surface area contributed by atoms with Crippen molar-refractivity contribution < 1.29 is 18.0 Å². The van der Waals surface area contributed by atoms with Gasteiger partial charge >= 0.3 is 6.18 Å². The highest BCUT2D eigenvalue weighted by molar-refractivity contribution is 7.81. The van der Waals surface area contributed by atoms with Crippen molar-refractivity contribution in [2.45, 2.75) is 25.6 Å². The van der Waals surface area contributed by atoms with Gasteiger partial charge in [-0.15, -0.1) is 0 Å². The predicted octanol–water partition coefficient (Wildman–Crippen LogP) is 5.30. The van der Waals surface area contributed by atoms with Crippen molar-refractivity contribution in [3.05, 3.63) is 65.2 Å². The minimum Gasteiger partial charge on any atom is -0.304 e. The highest BCUT2D eigenvalue weighted by Gasteiger charge is 2.50. The lowest BCUT2D eigenvalue weighted by molar-refractivity contribution is -0.137. The summed E-state index contributed by atoms with van der Waals surface area (Å²) in [6.45, 7) is 3.82. The number of hydrogen-bond donors (Lipinski definition) is 0. The Kier molecular flexibility index (Phi) is 5.09. The maximum absolute atomic E-state index is 13.4. The Bertz CT molecular complexity index is 1230. The van der Waals surface area contributed by atoms with Gasteiger partial charge in [0.05, 0.1) is 35.1 Å². The van der Waals surface area contributed by atoms with Crippen molar-refractivity contribution in [1.29, 1.82) is 5.26 Å². The molecule has 162 valence electrons. The highest BCUT2D eigenvalue weighted by Crippen LogP contribution is 2.39. The van der Waals surface area contributed by atoms with Crippen LogP contribution in [0.3, 0.4) is 0 Å². The maximum atomic E-state index is 13.4. The van der Waals surface area contributed by atoms with Gasteiger partial charge in [-0.2, -0.15) is 28.7 Å². The molecule has 0 unspecified atom stereocenters. The summed E-state index contributed by atoms with van der Waals surface area (Å²) in [5.41, 5.74) is -0.624. The van der Waals surface area contributed by atoms with E-state index in [0.717, 1.165) is 28.3 Å². The standard InChI is InChI=1S/C22H16F3N5OS/c1-21(2)19(31)29(16-8-5-14(12-26)17(11-16)22(23,24)25)20(32)30(21)15-6-3-13(4-7-15)18-9-10-27-28-18/h3-9,11H,10H2,1-2H3. The number of azo groups is 1. The van der Waals surface area contributed by atoms with E-state index in [1.165, 1.54) is 12.1 Å². The summed E-state index contributed by atoms with van der Waals surface area (Å²) in [5.74, 6) is -0.475. The van der Waals surface area contributed by atoms with Gasteiger partial charge in [-0.3, -0.25) is 9.69 Å². The molecule has 32 heavy (non-hydrogen) atoms. The molecule has 4 rings (SSSR count). The van der Waals surface area contributed by atoms with Gasteiger partial charge in [0.15, 0.2) is 5.11 Å². The van der Waals surface area contributed by atoms with E-state index < -0.39 is 28.7 Å². The van der Waals surface area contributed by atoms with E-state index >= 15 is 0 Å². The molecular weight excluding hydrogens is 439 g/mol. The van der Waals surface area contributed by atoms with Crippen molar-refractivity contribution in [3.8, 4) is 6.07 Å². The van der Waals surface area contributed by atoms with Gasteiger partial charge in [0, 0.05) is 11.3 Å². The molecule has 2 aliphatic rings. The Labute approximate surface area is 187 Å². The second-order valence-corrected chi connectivity index (χ2v) is 8.08. The lowest BCUT2D eigenvalue weighted by Gasteiger charge is -2.29. The van der Waals surface area contributed by atoms with Crippen LogP contribution < -0.4 is 9.80 Å². The molecule has 0 aromatic heterocycles. The molecular formula is C22H16F3N5OS. The first-order valence-corrected chi connectivity index (χ1v) is 9.94. The second kappa shape index (κ2) is 7.53. The second-order valence-electron chi connectivity index (χ2n) is 7.72. The molecule has 0 N–H and O–H groups in total. The van der Waals surface area contributed by atoms with Gasteiger partial charge in [-0.25, -0.2) is 0 Å².